The summed E-state index contributed by atoms with van der Waals surface area (Å²) in [6.07, 6.45) is -0.654. The maximum absolute atomic E-state index is 12.8. The summed E-state index contributed by atoms with van der Waals surface area (Å²) in [7, 11) is 0. The van der Waals surface area contributed by atoms with Crippen LogP contribution in [-0.2, 0) is 4.79 Å². The fourth-order valence-electron chi connectivity index (χ4n) is 3.52. The number of ether oxygens (including phenoxy) is 3. The van der Waals surface area contributed by atoms with Crippen LogP contribution in [0.25, 0.3) is 0 Å². The summed E-state index contributed by atoms with van der Waals surface area (Å²) in [5.74, 6) is 1.85. The molecule has 0 N–H and O–H groups in total. The zero-order valence-corrected chi connectivity index (χ0v) is 16.4. The fourth-order valence-corrected chi connectivity index (χ4v) is 3.52. The molecule has 0 spiro atoms. The zero-order chi connectivity index (χ0) is 20.2. The molecule has 0 bridgehead atoms. The number of amides is 2. The molecule has 1 unspecified atom stereocenters. The number of fused-ring (bicyclic) bond motifs is 1. The summed E-state index contributed by atoms with van der Waals surface area (Å²) in [5.41, 5.74) is 0.619. The topological polar surface area (TPSA) is 68.3 Å². The van der Waals surface area contributed by atoms with E-state index in [0.717, 1.165) is 5.75 Å². The lowest BCUT2D eigenvalue weighted by Crippen LogP contribution is -2.55. The second-order valence-corrected chi connectivity index (χ2v) is 6.94. The quantitative estimate of drug-likeness (QED) is 0.793. The molecule has 2 amide bonds. The number of para-hydroxylation sites is 2. The van der Waals surface area contributed by atoms with Gasteiger partial charge in [-0.1, -0.05) is 12.1 Å². The predicted octanol–water partition coefficient (Wildman–Crippen LogP) is 2.21. The van der Waals surface area contributed by atoms with Gasteiger partial charge in [-0.25, -0.2) is 0 Å². The van der Waals surface area contributed by atoms with Crippen molar-refractivity contribution >= 4 is 11.8 Å². The van der Waals surface area contributed by atoms with Crippen molar-refractivity contribution in [3.8, 4) is 17.2 Å². The monoisotopic (exact) mass is 396 g/mol. The lowest BCUT2D eigenvalue weighted by Gasteiger charge is -2.37. The molecule has 0 aliphatic carbocycles. The van der Waals surface area contributed by atoms with E-state index in [0.29, 0.717) is 49.8 Å². The molecule has 2 aromatic rings. The molecular formula is C22H24N2O5. The molecular weight excluding hydrogens is 372 g/mol. The van der Waals surface area contributed by atoms with Crippen LogP contribution in [-0.4, -0.2) is 67.1 Å². The molecule has 2 heterocycles. The largest absolute Gasteiger partial charge is 0.494 e. The minimum atomic E-state index is -0.654. The van der Waals surface area contributed by atoms with E-state index in [1.807, 2.05) is 25.1 Å². The molecule has 7 nitrogen and oxygen atoms in total. The molecule has 1 atom stereocenters. The minimum absolute atomic E-state index is 0.0358. The highest BCUT2D eigenvalue weighted by molar-refractivity contribution is 5.94. The number of nitrogens with zero attached hydrogens (tertiary/aromatic N) is 2. The lowest BCUT2D eigenvalue weighted by molar-refractivity contribution is -0.142. The molecule has 0 aromatic heterocycles. The zero-order valence-electron chi connectivity index (χ0n) is 16.4. The summed E-state index contributed by atoms with van der Waals surface area (Å²) in [6.45, 7) is 4.63. The Balaban J connectivity index is 1.32. The maximum Gasteiger partial charge on any atom is 0.267 e. The van der Waals surface area contributed by atoms with Gasteiger partial charge in [0.15, 0.2) is 11.5 Å². The van der Waals surface area contributed by atoms with Gasteiger partial charge < -0.3 is 24.0 Å². The molecule has 0 saturated carbocycles. The normalized spacial score (nSPS) is 18.3. The molecule has 152 valence electrons. The minimum Gasteiger partial charge on any atom is -0.494 e. The number of piperazine rings is 1. The molecule has 0 radical (unpaired) electrons. The molecule has 1 fully saturated rings. The Morgan fingerprint density at radius 1 is 0.966 bits per heavy atom. The van der Waals surface area contributed by atoms with Crippen LogP contribution in [0.2, 0.25) is 0 Å². The van der Waals surface area contributed by atoms with Gasteiger partial charge >= 0.3 is 0 Å². The van der Waals surface area contributed by atoms with Gasteiger partial charge in [0, 0.05) is 31.7 Å². The number of carbonyl (C=O) groups excluding carboxylic acids is 2. The number of hydrogen-bond donors (Lipinski definition) is 0. The Hall–Kier alpha value is -3.22. The highest BCUT2D eigenvalue weighted by Crippen LogP contribution is 2.31. The van der Waals surface area contributed by atoms with Gasteiger partial charge in [0.2, 0.25) is 6.10 Å². The number of benzene rings is 2. The van der Waals surface area contributed by atoms with Crippen LogP contribution < -0.4 is 14.2 Å². The van der Waals surface area contributed by atoms with Gasteiger partial charge in [-0.2, -0.15) is 0 Å². The van der Waals surface area contributed by atoms with Crippen molar-refractivity contribution < 1.29 is 23.8 Å². The van der Waals surface area contributed by atoms with Gasteiger partial charge in [-0.15, -0.1) is 0 Å². The van der Waals surface area contributed by atoms with Crippen LogP contribution in [0, 0.1) is 0 Å². The van der Waals surface area contributed by atoms with E-state index in [9.17, 15) is 9.59 Å². The molecule has 2 aromatic carbocycles. The first-order valence-corrected chi connectivity index (χ1v) is 9.85. The van der Waals surface area contributed by atoms with Crippen LogP contribution in [0.5, 0.6) is 17.2 Å². The second kappa shape index (κ2) is 8.43. The van der Waals surface area contributed by atoms with E-state index in [-0.39, 0.29) is 18.4 Å². The summed E-state index contributed by atoms with van der Waals surface area (Å²) in [5, 5.41) is 0. The van der Waals surface area contributed by atoms with E-state index in [2.05, 4.69) is 0 Å². The third-order valence-electron chi connectivity index (χ3n) is 5.07. The molecule has 4 rings (SSSR count). The van der Waals surface area contributed by atoms with Crippen molar-refractivity contribution in [2.45, 2.75) is 13.0 Å². The van der Waals surface area contributed by atoms with E-state index in [1.165, 1.54) is 0 Å². The van der Waals surface area contributed by atoms with Crippen molar-refractivity contribution in [1.82, 2.24) is 9.80 Å². The first-order valence-electron chi connectivity index (χ1n) is 9.85. The van der Waals surface area contributed by atoms with Crippen molar-refractivity contribution in [2.24, 2.45) is 0 Å². The Bertz CT molecular complexity index is 875. The van der Waals surface area contributed by atoms with Crippen LogP contribution in [0.15, 0.2) is 48.5 Å². The van der Waals surface area contributed by atoms with Gasteiger partial charge in [0.25, 0.3) is 11.8 Å². The summed E-state index contributed by atoms with van der Waals surface area (Å²) < 4.78 is 16.9. The molecule has 7 heteroatoms. The van der Waals surface area contributed by atoms with Crippen molar-refractivity contribution in [1.29, 1.82) is 0 Å². The first-order chi connectivity index (χ1) is 14.2. The Morgan fingerprint density at radius 2 is 1.62 bits per heavy atom. The van der Waals surface area contributed by atoms with Crippen LogP contribution >= 0.6 is 0 Å². The fraction of sp³-hybridized carbons (Fsp3) is 0.364. The summed E-state index contributed by atoms with van der Waals surface area (Å²) in [4.78, 5) is 29.0. The van der Waals surface area contributed by atoms with Crippen LogP contribution in [0.3, 0.4) is 0 Å². The maximum atomic E-state index is 12.8. The van der Waals surface area contributed by atoms with Gasteiger partial charge in [0.05, 0.1) is 6.61 Å². The molecule has 2 aliphatic rings. The Morgan fingerprint density at radius 3 is 2.31 bits per heavy atom. The van der Waals surface area contributed by atoms with Crippen molar-refractivity contribution in [3.05, 3.63) is 54.1 Å². The van der Waals surface area contributed by atoms with Crippen LogP contribution in [0.4, 0.5) is 0 Å². The SMILES string of the molecule is CCOc1ccc(C(=O)N2CCN(C(=O)C3COc4ccccc4O3)CC2)cc1. The van der Waals surface area contributed by atoms with Gasteiger partial charge in [0.1, 0.15) is 12.4 Å². The average molecular weight is 396 g/mol. The van der Waals surface area contributed by atoms with E-state index in [1.54, 1.807) is 40.1 Å². The van der Waals surface area contributed by atoms with E-state index in [4.69, 9.17) is 14.2 Å². The van der Waals surface area contributed by atoms with E-state index < -0.39 is 6.10 Å². The standard InChI is InChI=1S/C22H24N2O5/c1-2-27-17-9-7-16(8-10-17)21(25)23-11-13-24(14-12-23)22(26)20-15-28-18-5-3-4-6-19(18)29-20/h3-10,20H,2,11-15H2,1H3. The third kappa shape index (κ3) is 4.13. The smallest absolute Gasteiger partial charge is 0.267 e. The predicted molar refractivity (Wildman–Crippen MR) is 106 cm³/mol. The summed E-state index contributed by atoms with van der Waals surface area (Å²) in [6, 6.07) is 14.5. The van der Waals surface area contributed by atoms with E-state index >= 15 is 0 Å². The Kier molecular flexibility index (Phi) is 5.55. The lowest BCUT2D eigenvalue weighted by atomic mass is 10.1. The first kappa shape index (κ1) is 19.1. The van der Waals surface area contributed by atoms with Crippen LogP contribution in [0.1, 0.15) is 17.3 Å². The third-order valence-corrected chi connectivity index (χ3v) is 5.07. The molecule has 2 aliphatic heterocycles. The molecule has 1 saturated heterocycles. The number of carbonyl (C=O) groups is 2. The highest BCUT2D eigenvalue weighted by atomic mass is 16.6. The second-order valence-electron chi connectivity index (χ2n) is 6.94. The number of rotatable bonds is 4. The Labute approximate surface area is 169 Å². The van der Waals surface area contributed by atoms with Crippen molar-refractivity contribution in [2.75, 3.05) is 39.4 Å². The van der Waals surface area contributed by atoms with Gasteiger partial charge in [-0.3, -0.25) is 9.59 Å². The summed E-state index contributed by atoms with van der Waals surface area (Å²) >= 11 is 0. The number of hydrogen-bond acceptors (Lipinski definition) is 5. The van der Waals surface area contributed by atoms with Crippen molar-refractivity contribution in [3.63, 3.8) is 0 Å². The highest BCUT2D eigenvalue weighted by Gasteiger charge is 2.33. The van der Waals surface area contributed by atoms with Gasteiger partial charge in [-0.05, 0) is 43.3 Å². The average Bonchev–Trinajstić information content (AvgIpc) is 2.78. The molecule has 29 heavy (non-hydrogen) atoms.